The second kappa shape index (κ2) is 4.32. The standard InChI is InChI=1S/C10H17/c1-6-8(3)10(5)9(4)7-2/h6-7H,1-5H3/b8-6+,10-9-. The van der Waals surface area contributed by atoms with Crippen molar-refractivity contribution in [1.82, 2.24) is 0 Å². The monoisotopic (exact) mass is 137 g/mol. The van der Waals surface area contributed by atoms with Crippen molar-refractivity contribution in [1.29, 1.82) is 0 Å². The summed E-state index contributed by atoms with van der Waals surface area (Å²) in [5, 5.41) is 0. The first kappa shape index (κ1) is 9.48. The third-order valence-corrected chi connectivity index (χ3v) is 2.05. The van der Waals surface area contributed by atoms with Crippen molar-refractivity contribution in [2.45, 2.75) is 34.6 Å². The Balaban J connectivity index is 4.46. The van der Waals surface area contributed by atoms with E-state index in [0.717, 1.165) is 0 Å². The van der Waals surface area contributed by atoms with Crippen molar-refractivity contribution in [2.75, 3.05) is 0 Å². The predicted molar refractivity (Wildman–Crippen MR) is 47.8 cm³/mol. The maximum Gasteiger partial charge on any atom is -0.0165 e. The average Bonchev–Trinajstić information content (AvgIpc) is 2.00. The minimum Gasteiger partial charge on any atom is -0.0845 e. The summed E-state index contributed by atoms with van der Waals surface area (Å²) in [7, 11) is 0. The van der Waals surface area contributed by atoms with E-state index in [1.165, 1.54) is 16.7 Å². The normalized spacial score (nSPS) is 15.1. The lowest BCUT2D eigenvalue weighted by Gasteiger charge is -2.04. The molecule has 0 nitrogen and oxygen atoms in total. The Hall–Kier alpha value is -0.520. The summed E-state index contributed by atoms with van der Waals surface area (Å²) in [5.74, 6) is 0. The van der Waals surface area contributed by atoms with Crippen molar-refractivity contribution in [3.63, 3.8) is 0 Å². The number of rotatable bonds is 2. The lowest BCUT2D eigenvalue weighted by atomic mass is 10.0. The molecule has 0 unspecified atom stereocenters. The van der Waals surface area contributed by atoms with E-state index in [1.807, 2.05) is 0 Å². The van der Waals surface area contributed by atoms with E-state index in [1.54, 1.807) is 0 Å². The highest BCUT2D eigenvalue weighted by Crippen LogP contribution is 2.14. The maximum atomic E-state index is 2.16. The summed E-state index contributed by atoms with van der Waals surface area (Å²) >= 11 is 0. The Morgan fingerprint density at radius 2 is 1.50 bits per heavy atom. The van der Waals surface area contributed by atoms with Gasteiger partial charge in [-0.3, -0.25) is 0 Å². The molecular formula is C10H17. The molecule has 0 saturated heterocycles. The highest BCUT2D eigenvalue weighted by Gasteiger charge is 1.94. The zero-order chi connectivity index (χ0) is 8.15. The summed E-state index contributed by atoms with van der Waals surface area (Å²) in [5.41, 5.74) is 4.14. The zero-order valence-electron chi connectivity index (χ0n) is 7.65. The lowest BCUT2D eigenvalue weighted by Crippen LogP contribution is -1.84. The Bertz CT molecular complexity index is 159. The summed E-state index contributed by atoms with van der Waals surface area (Å²) in [6.45, 7) is 10.6. The van der Waals surface area contributed by atoms with E-state index < -0.39 is 0 Å². The molecule has 0 spiro atoms. The quantitative estimate of drug-likeness (QED) is 0.511. The van der Waals surface area contributed by atoms with Crippen LogP contribution in [0.3, 0.4) is 0 Å². The Morgan fingerprint density at radius 1 is 1.00 bits per heavy atom. The molecule has 0 fully saturated rings. The minimum absolute atomic E-state index is 1.37. The maximum absolute atomic E-state index is 2.16. The third kappa shape index (κ3) is 2.38. The van der Waals surface area contributed by atoms with Crippen LogP contribution >= 0.6 is 0 Å². The van der Waals surface area contributed by atoms with Gasteiger partial charge in [-0.25, -0.2) is 0 Å². The Morgan fingerprint density at radius 3 is 1.80 bits per heavy atom. The molecule has 0 aliphatic rings. The van der Waals surface area contributed by atoms with Crippen LogP contribution < -0.4 is 0 Å². The van der Waals surface area contributed by atoms with E-state index in [4.69, 9.17) is 0 Å². The van der Waals surface area contributed by atoms with E-state index in [0.29, 0.717) is 0 Å². The fourth-order valence-corrected chi connectivity index (χ4v) is 0.744. The van der Waals surface area contributed by atoms with Crippen molar-refractivity contribution >= 4 is 0 Å². The summed E-state index contributed by atoms with van der Waals surface area (Å²) in [6.07, 6.45) is 4.28. The van der Waals surface area contributed by atoms with E-state index in [2.05, 4.69) is 47.1 Å². The highest BCUT2D eigenvalue weighted by atomic mass is 14.0. The molecule has 10 heavy (non-hydrogen) atoms. The highest BCUT2D eigenvalue weighted by molar-refractivity contribution is 5.33. The number of hydrogen-bond acceptors (Lipinski definition) is 0. The molecule has 0 aliphatic carbocycles. The van der Waals surface area contributed by atoms with Gasteiger partial charge in [-0.2, -0.15) is 0 Å². The predicted octanol–water partition coefficient (Wildman–Crippen LogP) is 3.51. The van der Waals surface area contributed by atoms with Crippen molar-refractivity contribution in [2.24, 2.45) is 0 Å². The topological polar surface area (TPSA) is 0 Å². The minimum atomic E-state index is 1.37. The summed E-state index contributed by atoms with van der Waals surface area (Å²) < 4.78 is 0. The van der Waals surface area contributed by atoms with Crippen LogP contribution in [0.4, 0.5) is 0 Å². The van der Waals surface area contributed by atoms with Crippen LogP contribution in [0.2, 0.25) is 0 Å². The van der Waals surface area contributed by atoms with Crippen molar-refractivity contribution in [3.05, 3.63) is 29.2 Å². The van der Waals surface area contributed by atoms with Crippen LogP contribution in [0.25, 0.3) is 0 Å². The van der Waals surface area contributed by atoms with Gasteiger partial charge >= 0.3 is 0 Å². The molecule has 1 radical (unpaired) electrons. The zero-order valence-corrected chi connectivity index (χ0v) is 7.65. The van der Waals surface area contributed by atoms with Gasteiger partial charge in [-0.15, -0.1) is 0 Å². The van der Waals surface area contributed by atoms with Gasteiger partial charge in [0.15, 0.2) is 0 Å². The first-order valence-corrected chi connectivity index (χ1v) is 3.73. The van der Waals surface area contributed by atoms with Crippen molar-refractivity contribution in [3.8, 4) is 0 Å². The summed E-state index contributed by atoms with van der Waals surface area (Å²) in [4.78, 5) is 0. The molecular weight excluding hydrogens is 120 g/mol. The fourth-order valence-electron chi connectivity index (χ4n) is 0.744. The molecule has 0 aliphatic heterocycles. The molecule has 0 aromatic rings. The molecule has 0 aromatic carbocycles. The average molecular weight is 137 g/mol. The lowest BCUT2D eigenvalue weighted by molar-refractivity contribution is 1.21. The molecule has 0 atom stereocenters. The largest absolute Gasteiger partial charge is 0.0845 e. The SMILES string of the molecule is C[CH]/C(C)=C(C)\C(C)=C\C. The van der Waals surface area contributed by atoms with Crippen LogP contribution in [0.1, 0.15) is 34.6 Å². The van der Waals surface area contributed by atoms with Gasteiger partial charge in [-0.1, -0.05) is 24.1 Å². The molecule has 57 valence electrons. The molecule has 0 saturated carbocycles. The van der Waals surface area contributed by atoms with Gasteiger partial charge in [0.1, 0.15) is 0 Å². The molecule has 0 N–H and O–H groups in total. The Labute approximate surface area is 64.6 Å². The van der Waals surface area contributed by atoms with E-state index in [9.17, 15) is 0 Å². The van der Waals surface area contributed by atoms with Crippen LogP contribution in [0, 0.1) is 6.42 Å². The molecule has 0 heteroatoms. The molecule has 0 heterocycles. The fraction of sp³-hybridized carbons (Fsp3) is 0.500. The summed E-state index contributed by atoms with van der Waals surface area (Å²) in [6, 6.07) is 0. The first-order valence-electron chi connectivity index (χ1n) is 3.73. The molecule has 0 bridgehead atoms. The van der Waals surface area contributed by atoms with Crippen LogP contribution in [0.5, 0.6) is 0 Å². The van der Waals surface area contributed by atoms with E-state index in [-0.39, 0.29) is 0 Å². The molecule has 0 aromatic heterocycles. The van der Waals surface area contributed by atoms with Crippen LogP contribution in [-0.4, -0.2) is 0 Å². The van der Waals surface area contributed by atoms with E-state index >= 15 is 0 Å². The van der Waals surface area contributed by atoms with Gasteiger partial charge in [0, 0.05) is 0 Å². The van der Waals surface area contributed by atoms with Gasteiger partial charge in [0.05, 0.1) is 0 Å². The molecule has 0 amide bonds. The second-order valence-electron chi connectivity index (χ2n) is 2.57. The van der Waals surface area contributed by atoms with Gasteiger partial charge in [-0.05, 0) is 39.7 Å². The number of hydrogen-bond donors (Lipinski definition) is 0. The smallest absolute Gasteiger partial charge is 0.0165 e. The Kier molecular flexibility index (Phi) is 4.10. The van der Waals surface area contributed by atoms with Gasteiger partial charge in [0.25, 0.3) is 0 Å². The van der Waals surface area contributed by atoms with Crippen LogP contribution in [0.15, 0.2) is 22.8 Å². The van der Waals surface area contributed by atoms with Gasteiger partial charge < -0.3 is 0 Å². The second-order valence-corrected chi connectivity index (χ2v) is 2.57. The first-order chi connectivity index (χ1) is 4.63. The van der Waals surface area contributed by atoms with Crippen molar-refractivity contribution < 1.29 is 0 Å². The molecule has 0 rings (SSSR count). The number of allylic oxidation sites excluding steroid dienone is 4. The third-order valence-electron chi connectivity index (χ3n) is 2.05. The van der Waals surface area contributed by atoms with Crippen LogP contribution in [-0.2, 0) is 0 Å². The van der Waals surface area contributed by atoms with Gasteiger partial charge in [0.2, 0.25) is 0 Å².